The predicted octanol–water partition coefficient (Wildman–Crippen LogP) is 3.44. The maximum atomic E-state index is 11.4. The zero-order valence-electron chi connectivity index (χ0n) is 9.35. The van der Waals surface area contributed by atoms with Gasteiger partial charge in [-0.15, -0.1) is 0 Å². The van der Waals surface area contributed by atoms with Gasteiger partial charge in [-0.1, -0.05) is 19.1 Å². The molecule has 0 amide bonds. The first-order valence-corrected chi connectivity index (χ1v) is 7.37. The maximum Gasteiger partial charge on any atom is 0.223 e. The highest BCUT2D eigenvalue weighted by Crippen LogP contribution is 2.71. The summed E-state index contributed by atoms with van der Waals surface area (Å²) in [5.74, 6) is 2.12. The Morgan fingerprint density at radius 3 is 2.75 bits per heavy atom. The number of fused-ring (bicyclic) bond motifs is 1. The van der Waals surface area contributed by atoms with Gasteiger partial charge >= 0.3 is 0 Å². The minimum absolute atomic E-state index is 0.175. The lowest BCUT2D eigenvalue weighted by Crippen LogP contribution is -2.11. The topological polar surface area (TPSA) is 26.3 Å². The molecule has 1 aromatic rings. The largest absolute Gasteiger partial charge is 0.484 e. The van der Waals surface area contributed by atoms with Gasteiger partial charge in [-0.3, -0.25) is 4.79 Å². The Hall–Kier alpha value is -0.815. The Bertz CT molecular complexity index is 418. The first-order valence-electron chi connectivity index (χ1n) is 5.86. The number of rotatable bonds is 4. The lowest BCUT2D eigenvalue weighted by molar-refractivity contribution is 0.0988. The number of benzene rings is 1. The fraction of sp³-hybridized carbons (Fsp3) is 0.417. The standard InChI is InChI=1S/C12H14BO2P/c1-2-12(14)9-3-5-11(6-4-9)15-16-8-10-7-13(10)16/h3-6,10H,2,7-8H2,1H3. The van der Waals surface area contributed by atoms with Crippen LogP contribution in [0.4, 0.5) is 0 Å². The van der Waals surface area contributed by atoms with E-state index in [0.717, 1.165) is 23.6 Å². The molecule has 2 atom stereocenters. The maximum absolute atomic E-state index is 11.4. The van der Waals surface area contributed by atoms with Crippen molar-refractivity contribution in [3.63, 3.8) is 0 Å². The molecule has 3 rings (SSSR count). The molecule has 0 saturated carbocycles. The molecule has 0 spiro atoms. The molecule has 0 aromatic heterocycles. The summed E-state index contributed by atoms with van der Waals surface area (Å²) in [7, 11) is -0.175. The van der Waals surface area contributed by atoms with Crippen molar-refractivity contribution < 1.29 is 9.32 Å². The molecule has 2 saturated heterocycles. The Kier molecular flexibility index (Phi) is 2.51. The monoisotopic (exact) mass is 232 g/mol. The molecule has 2 fully saturated rings. The van der Waals surface area contributed by atoms with Crippen molar-refractivity contribution in [2.45, 2.75) is 25.5 Å². The third-order valence-electron chi connectivity index (χ3n) is 3.39. The molecule has 82 valence electrons. The fourth-order valence-corrected chi connectivity index (χ4v) is 4.58. The number of Topliss-reactive ketones (excluding diaryl/α,β-unsaturated/α-hetero) is 1. The first kappa shape index (κ1) is 10.3. The Morgan fingerprint density at radius 1 is 1.50 bits per heavy atom. The van der Waals surface area contributed by atoms with Crippen LogP contribution < -0.4 is 4.52 Å². The number of ketones is 1. The van der Waals surface area contributed by atoms with Crippen LogP contribution in [0.5, 0.6) is 5.75 Å². The Balaban J connectivity index is 1.65. The van der Waals surface area contributed by atoms with E-state index >= 15 is 0 Å². The molecule has 1 aromatic carbocycles. The van der Waals surface area contributed by atoms with Gasteiger partial charge in [0.2, 0.25) is 6.43 Å². The van der Waals surface area contributed by atoms with Gasteiger partial charge in [-0.25, -0.2) is 0 Å². The van der Waals surface area contributed by atoms with Gasteiger partial charge in [0.15, 0.2) is 5.78 Å². The molecule has 16 heavy (non-hydrogen) atoms. The number of hydrogen-bond acceptors (Lipinski definition) is 2. The molecule has 4 heteroatoms. The van der Waals surface area contributed by atoms with E-state index < -0.39 is 0 Å². The van der Waals surface area contributed by atoms with Crippen LogP contribution in [0.15, 0.2) is 24.3 Å². The fourth-order valence-electron chi connectivity index (χ4n) is 2.16. The summed E-state index contributed by atoms with van der Waals surface area (Å²) in [6, 6.07) is 7.61. The van der Waals surface area contributed by atoms with Gasteiger partial charge in [0.1, 0.15) is 5.75 Å². The summed E-state index contributed by atoms with van der Waals surface area (Å²) >= 11 is 0. The van der Waals surface area contributed by atoms with Crippen molar-refractivity contribution in [2.24, 2.45) is 0 Å². The highest BCUT2D eigenvalue weighted by atomic mass is 31.1. The van der Waals surface area contributed by atoms with E-state index in [9.17, 15) is 4.79 Å². The molecule has 2 aliphatic heterocycles. The van der Waals surface area contributed by atoms with Crippen LogP contribution in [0.1, 0.15) is 23.7 Å². The van der Waals surface area contributed by atoms with Crippen LogP contribution in [-0.4, -0.2) is 18.4 Å². The quantitative estimate of drug-likeness (QED) is 0.451. The molecule has 0 N–H and O–H groups in total. The van der Waals surface area contributed by atoms with Gasteiger partial charge in [0.25, 0.3) is 0 Å². The number of carbonyl (C=O) groups is 1. The smallest absolute Gasteiger partial charge is 0.223 e. The van der Waals surface area contributed by atoms with E-state index in [1.807, 2.05) is 31.2 Å². The van der Waals surface area contributed by atoms with E-state index in [4.69, 9.17) is 4.52 Å². The lowest BCUT2D eigenvalue weighted by atomic mass is 9.99. The van der Waals surface area contributed by atoms with Crippen LogP contribution in [-0.2, 0) is 0 Å². The molecule has 0 radical (unpaired) electrons. The second kappa shape index (κ2) is 3.89. The van der Waals surface area contributed by atoms with Crippen molar-refractivity contribution in [1.82, 2.24) is 0 Å². The summed E-state index contributed by atoms with van der Waals surface area (Å²) in [6.45, 7) is 1.89. The SMILES string of the molecule is CCC(=O)c1ccc(OP2CC3CB32)cc1. The third kappa shape index (κ3) is 1.78. The number of carbonyl (C=O) groups excluding carboxylic acids is 1. The van der Waals surface area contributed by atoms with Gasteiger partial charge in [0, 0.05) is 20.0 Å². The Morgan fingerprint density at radius 2 is 2.25 bits per heavy atom. The second-order valence-corrected chi connectivity index (χ2v) is 6.60. The van der Waals surface area contributed by atoms with Crippen LogP contribution in [0, 0.1) is 0 Å². The summed E-state index contributed by atoms with van der Waals surface area (Å²) in [5.41, 5.74) is 0.792. The van der Waals surface area contributed by atoms with Crippen LogP contribution in [0.3, 0.4) is 0 Å². The zero-order chi connectivity index (χ0) is 11.1. The average Bonchev–Trinajstić information content (AvgIpc) is 2.97. The lowest BCUT2D eigenvalue weighted by Gasteiger charge is -2.24. The van der Waals surface area contributed by atoms with Gasteiger partial charge in [-0.2, -0.15) is 0 Å². The van der Waals surface area contributed by atoms with Gasteiger partial charge < -0.3 is 4.52 Å². The summed E-state index contributed by atoms with van der Waals surface area (Å²) in [4.78, 5) is 11.4. The summed E-state index contributed by atoms with van der Waals surface area (Å²) in [5, 5.41) is 0. The molecule has 2 aliphatic rings. The molecule has 0 aliphatic carbocycles. The van der Waals surface area contributed by atoms with Crippen LogP contribution in [0.25, 0.3) is 0 Å². The van der Waals surface area contributed by atoms with E-state index in [2.05, 4.69) is 0 Å². The molecule has 2 unspecified atom stereocenters. The summed E-state index contributed by atoms with van der Waals surface area (Å²) in [6.07, 6.45) is 4.14. The Labute approximate surface area is 97.3 Å². The minimum Gasteiger partial charge on any atom is -0.484 e. The molecule has 0 bridgehead atoms. The molecule has 2 nitrogen and oxygen atoms in total. The van der Waals surface area contributed by atoms with Gasteiger partial charge in [-0.05, 0) is 30.4 Å². The summed E-state index contributed by atoms with van der Waals surface area (Å²) < 4.78 is 5.93. The van der Waals surface area contributed by atoms with E-state index in [0.29, 0.717) is 6.42 Å². The van der Waals surface area contributed by atoms with E-state index in [-0.39, 0.29) is 13.8 Å². The molecular weight excluding hydrogens is 218 g/mol. The highest BCUT2D eigenvalue weighted by molar-refractivity contribution is 7.93. The van der Waals surface area contributed by atoms with Crippen molar-refractivity contribution in [1.29, 1.82) is 0 Å². The third-order valence-corrected chi connectivity index (χ3v) is 6.04. The minimum atomic E-state index is -0.175. The van der Waals surface area contributed by atoms with Crippen LogP contribution >= 0.6 is 8.03 Å². The van der Waals surface area contributed by atoms with Crippen molar-refractivity contribution in [2.75, 3.05) is 6.16 Å². The van der Waals surface area contributed by atoms with Crippen molar-refractivity contribution in [3.05, 3.63) is 29.8 Å². The van der Waals surface area contributed by atoms with Crippen LogP contribution in [0.2, 0.25) is 12.1 Å². The highest BCUT2D eigenvalue weighted by Gasteiger charge is 2.59. The number of hydrogen-bond donors (Lipinski definition) is 0. The van der Waals surface area contributed by atoms with Gasteiger partial charge in [0.05, 0.1) is 0 Å². The molecule has 2 heterocycles. The van der Waals surface area contributed by atoms with Crippen molar-refractivity contribution in [3.8, 4) is 5.75 Å². The first-order chi connectivity index (χ1) is 7.78. The second-order valence-electron chi connectivity index (χ2n) is 4.56. The normalized spacial score (nSPS) is 25.7. The predicted molar refractivity (Wildman–Crippen MR) is 67.8 cm³/mol. The molecular formula is C12H14BO2P. The van der Waals surface area contributed by atoms with E-state index in [1.54, 1.807) is 0 Å². The zero-order valence-corrected chi connectivity index (χ0v) is 10.2. The van der Waals surface area contributed by atoms with Crippen molar-refractivity contribution >= 4 is 20.2 Å². The average molecular weight is 232 g/mol. The van der Waals surface area contributed by atoms with E-state index in [1.165, 1.54) is 12.5 Å².